The Hall–Kier alpha value is -3.11. The minimum Gasteiger partial charge on any atom is -0.496 e. The van der Waals surface area contributed by atoms with Crippen LogP contribution in [-0.2, 0) is 13.1 Å². The average molecular weight is 576 g/mol. The van der Waals surface area contributed by atoms with Gasteiger partial charge in [-0.05, 0) is 42.2 Å². The molecule has 0 spiro atoms. The molecule has 5 rings (SSSR count). The number of ether oxygens (including phenoxy) is 1. The van der Waals surface area contributed by atoms with Gasteiger partial charge in [-0.3, -0.25) is 14.5 Å². The molecule has 2 aliphatic heterocycles. The lowest BCUT2D eigenvalue weighted by molar-refractivity contribution is 0.0950. The van der Waals surface area contributed by atoms with E-state index in [1.165, 1.54) is 6.21 Å². The monoisotopic (exact) mass is 574 g/mol. The number of carbonyl (C=O) groups excluding carboxylic acids is 1. The zero-order valence-corrected chi connectivity index (χ0v) is 22.7. The smallest absolute Gasteiger partial charge is 0.291 e. The quantitative estimate of drug-likeness (QED) is 0.259. The summed E-state index contributed by atoms with van der Waals surface area (Å²) in [6, 6.07) is 11.2. The van der Waals surface area contributed by atoms with Gasteiger partial charge in [0.1, 0.15) is 10.8 Å². The number of likely N-dealkylation sites (tertiary alicyclic amines) is 1. The van der Waals surface area contributed by atoms with Crippen molar-refractivity contribution in [2.24, 2.45) is 11.0 Å². The number of anilines is 1. The van der Waals surface area contributed by atoms with Crippen molar-refractivity contribution in [3.63, 3.8) is 0 Å². The zero-order chi connectivity index (χ0) is 27.0. The maximum absolute atomic E-state index is 12.5. The second-order valence-corrected chi connectivity index (χ2v) is 10.6. The molecule has 0 unspecified atom stereocenters. The standard InChI is InChI=1S/C26H25Cl3N6O3/c1-38-19-6-5-14(9-31-33-26(37)24-21(27)23(30)22(28)25(29)32-24)7-17(19)13-34-10-15-8-16(12-34)18-3-2-4-20(36)35(18)11-15/h2-7,9,15-16H,8,10-13H2,1H3,(H2,30,32)(H,33,37)/b31-9+/t15-,16-/m0/s1. The first-order valence-electron chi connectivity index (χ1n) is 12.0. The molecule has 0 aliphatic carbocycles. The third-order valence-electron chi connectivity index (χ3n) is 6.92. The second kappa shape index (κ2) is 10.9. The zero-order valence-electron chi connectivity index (χ0n) is 20.5. The minimum absolute atomic E-state index is 0.0158. The highest BCUT2D eigenvalue weighted by atomic mass is 35.5. The van der Waals surface area contributed by atoms with E-state index in [-0.39, 0.29) is 32.1 Å². The van der Waals surface area contributed by atoms with Crippen LogP contribution in [-0.4, -0.2) is 46.8 Å². The van der Waals surface area contributed by atoms with Gasteiger partial charge in [0.25, 0.3) is 11.5 Å². The summed E-state index contributed by atoms with van der Waals surface area (Å²) < 4.78 is 7.54. The molecule has 2 aromatic heterocycles. The molecule has 3 N–H and O–H groups in total. The van der Waals surface area contributed by atoms with Crippen LogP contribution in [0.5, 0.6) is 5.75 Å². The van der Waals surface area contributed by atoms with Crippen LogP contribution in [0, 0.1) is 5.92 Å². The van der Waals surface area contributed by atoms with Gasteiger partial charge in [0.15, 0.2) is 10.8 Å². The summed E-state index contributed by atoms with van der Waals surface area (Å²) in [5, 5.41) is 3.80. The molecule has 9 nitrogen and oxygen atoms in total. The molecule has 3 aromatic rings. The summed E-state index contributed by atoms with van der Waals surface area (Å²) in [7, 11) is 1.64. The van der Waals surface area contributed by atoms with Crippen LogP contribution >= 0.6 is 34.8 Å². The van der Waals surface area contributed by atoms with E-state index < -0.39 is 5.91 Å². The number of rotatable bonds is 6. The number of nitrogen functional groups attached to an aromatic ring is 1. The van der Waals surface area contributed by atoms with Crippen molar-refractivity contribution in [1.29, 1.82) is 0 Å². The molecular formula is C26H25Cl3N6O3. The SMILES string of the molecule is COc1ccc(/C=N/NC(=O)c2nc(Cl)c(Cl)c(N)c2Cl)cc1CN1C[C@@H]2C[C@@H](C1)c1cccc(=O)n1C2. The number of nitrogens with two attached hydrogens (primary N) is 1. The summed E-state index contributed by atoms with van der Waals surface area (Å²) in [4.78, 5) is 31.2. The maximum atomic E-state index is 12.5. The number of piperidine rings is 1. The van der Waals surface area contributed by atoms with Crippen LogP contribution in [0.1, 0.15) is 39.6 Å². The van der Waals surface area contributed by atoms with Crippen LogP contribution in [0.4, 0.5) is 5.69 Å². The van der Waals surface area contributed by atoms with Gasteiger partial charge in [0.05, 0.1) is 24.0 Å². The van der Waals surface area contributed by atoms with Gasteiger partial charge >= 0.3 is 0 Å². The Morgan fingerprint density at radius 2 is 2.03 bits per heavy atom. The molecule has 4 heterocycles. The Kier molecular flexibility index (Phi) is 7.63. The van der Waals surface area contributed by atoms with Crippen molar-refractivity contribution in [3.05, 3.63) is 84.5 Å². The summed E-state index contributed by atoms with van der Waals surface area (Å²) >= 11 is 17.9. The molecule has 2 bridgehead atoms. The molecule has 1 fully saturated rings. The molecular weight excluding hydrogens is 551 g/mol. The number of pyridine rings is 2. The average Bonchev–Trinajstić information content (AvgIpc) is 2.90. The molecule has 0 saturated carbocycles. The Bertz CT molecular complexity index is 1490. The predicted octanol–water partition coefficient (Wildman–Crippen LogP) is 4.18. The number of hydrogen-bond donors (Lipinski definition) is 2. The lowest BCUT2D eigenvalue weighted by Crippen LogP contribution is -2.46. The summed E-state index contributed by atoms with van der Waals surface area (Å²) in [5.41, 5.74) is 10.9. The van der Waals surface area contributed by atoms with E-state index in [1.54, 1.807) is 13.2 Å². The number of benzene rings is 1. The number of hydrazone groups is 1. The second-order valence-electron chi connectivity index (χ2n) is 9.46. The Labute approximate surface area is 234 Å². The number of methoxy groups -OCH3 is 1. The number of fused-ring (bicyclic) bond motifs is 4. The molecule has 1 amide bonds. The third-order valence-corrected chi connectivity index (χ3v) is 8.06. The first-order valence-corrected chi connectivity index (χ1v) is 13.1. The number of nitrogens with zero attached hydrogens (tertiary/aromatic N) is 4. The van der Waals surface area contributed by atoms with Crippen LogP contribution in [0.15, 0.2) is 46.3 Å². The number of nitrogens with one attached hydrogen (secondary N) is 1. The lowest BCUT2D eigenvalue weighted by Gasteiger charge is -2.42. The van der Waals surface area contributed by atoms with E-state index in [0.717, 1.165) is 48.6 Å². The van der Waals surface area contributed by atoms with E-state index in [4.69, 9.17) is 45.3 Å². The number of aromatic nitrogens is 2. The van der Waals surface area contributed by atoms with E-state index in [9.17, 15) is 9.59 Å². The van der Waals surface area contributed by atoms with Crippen LogP contribution in [0.3, 0.4) is 0 Å². The van der Waals surface area contributed by atoms with Crippen molar-refractivity contribution >= 4 is 52.6 Å². The van der Waals surface area contributed by atoms with Crippen molar-refractivity contribution in [2.75, 3.05) is 25.9 Å². The van der Waals surface area contributed by atoms with Gasteiger partial charge in [-0.25, -0.2) is 10.4 Å². The van der Waals surface area contributed by atoms with Gasteiger partial charge in [0, 0.05) is 49.4 Å². The first-order chi connectivity index (χ1) is 18.2. The van der Waals surface area contributed by atoms with Gasteiger partial charge in [-0.2, -0.15) is 5.10 Å². The summed E-state index contributed by atoms with van der Waals surface area (Å²) in [5.74, 6) is 0.826. The Morgan fingerprint density at radius 1 is 1.21 bits per heavy atom. The van der Waals surface area contributed by atoms with E-state index in [2.05, 4.69) is 26.5 Å². The Balaban J connectivity index is 1.29. The maximum Gasteiger partial charge on any atom is 0.291 e. The largest absolute Gasteiger partial charge is 0.496 e. The molecule has 0 radical (unpaired) electrons. The fraction of sp³-hybridized carbons (Fsp3) is 0.308. The van der Waals surface area contributed by atoms with Crippen molar-refractivity contribution < 1.29 is 9.53 Å². The van der Waals surface area contributed by atoms with Gasteiger partial charge in [-0.1, -0.05) is 40.9 Å². The molecule has 1 saturated heterocycles. The van der Waals surface area contributed by atoms with E-state index in [1.807, 2.05) is 28.8 Å². The topological polar surface area (TPSA) is 115 Å². The third kappa shape index (κ3) is 5.24. The number of carbonyl (C=O) groups is 1. The van der Waals surface area contributed by atoms with E-state index >= 15 is 0 Å². The van der Waals surface area contributed by atoms with Gasteiger partial charge in [-0.15, -0.1) is 0 Å². The molecule has 2 aliphatic rings. The summed E-state index contributed by atoms with van der Waals surface area (Å²) in [6.07, 6.45) is 2.61. The van der Waals surface area contributed by atoms with Crippen molar-refractivity contribution in [1.82, 2.24) is 19.9 Å². The van der Waals surface area contributed by atoms with Crippen molar-refractivity contribution in [2.45, 2.75) is 25.4 Å². The van der Waals surface area contributed by atoms with Gasteiger partial charge < -0.3 is 15.0 Å². The van der Waals surface area contributed by atoms with Crippen molar-refractivity contribution in [3.8, 4) is 5.75 Å². The van der Waals surface area contributed by atoms with Crippen LogP contribution in [0.25, 0.3) is 0 Å². The number of hydrogen-bond acceptors (Lipinski definition) is 7. The van der Waals surface area contributed by atoms with Gasteiger partial charge in [0.2, 0.25) is 0 Å². The van der Waals surface area contributed by atoms with Crippen LogP contribution in [0.2, 0.25) is 15.2 Å². The fourth-order valence-electron chi connectivity index (χ4n) is 5.27. The Morgan fingerprint density at radius 3 is 2.82 bits per heavy atom. The first kappa shape index (κ1) is 26.5. The van der Waals surface area contributed by atoms with Crippen LogP contribution < -0.4 is 21.5 Å². The molecule has 12 heteroatoms. The summed E-state index contributed by atoms with van der Waals surface area (Å²) in [6.45, 7) is 3.19. The predicted molar refractivity (Wildman–Crippen MR) is 149 cm³/mol. The highest BCUT2D eigenvalue weighted by Crippen LogP contribution is 2.36. The molecule has 198 valence electrons. The van der Waals surface area contributed by atoms with E-state index in [0.29, 0.717) is 18.4 Å². The fourth-order valence-corrected chi connectivity index (χ4v) is 5.86. The highest BCUT2D eigenvalue weighted by molar-refractivity contribution is 6.46. The molecule has 1 aromatic carbocycles. The lowest BCUT2D eigenvalue weighted by atomic mass is 9.83. The molecule has 2 atom stereocenters. The highest BCUT2D eigenvalue weighted by Gasteiger charge is 2.34. The molecule has 38 heavy (non-hydrogen) atoms. The number of halogens is 3. The minimum atomic E-state index is -0.676. The number of amides is 1. The normalized spacial score (nSPS) is 18.8.